The summed E-state index contributed by atoms with van der Waals surface area (Å²) in [5.74, 6) is 0.509. The zero-order chi connectivity index (χ0) is 15.6. The first kappa shape index (κ1) is 13.8. The number of amides is 1. The molecule has 2 heterocycles. The van der Waals surface area contributed by atoms with Crippen LogP contribution in [-0.2, 0) is 6.61 Å². The normalized spacial score (nSPS) is 13.9. The molecule has 0 radical (unpaired) electrons. The average Bonchev–Trinajstić information content (AvgIpc) is 3.26. The molecule has 1 fully saturated rings. The van der Waals surface area contributed by atoms with Gasteiger partial charge in [0.15, 0.2) is 0 Å². The van der Waals surface area contributed by atoms with E-state index in [2.05, 4.69) is 15.3 Å². The molecule has 0 aliphatic heterocycles. The number of H-pyrrole nitrogens is 1. The number of nitrogens with one attached hydrogen (secondary N) is 2. The fourth-order valence-electron chi connectivity index (χ4n) is 2.47. The Morgan fingerprint density at radius 1 is 1.22 bits per heavy atom. The van der Waals surface area contributed by atoms with E-state index in [9.17, 15) is 4.79 Å². The van der Waals surface area contributed by atoms with Gasteiger partial charge in [-0.2, -0.15) is 0 Å². The van der Waals surface area contributed by atoms with Crippen molar-refractivity contribution in [2.24, 2.45) is 0 Å². The molecule has 0 saturated heterocycles. The fourth-order valence-corrected chi connectivity index (χ4v) is 2.47. The molecule has 1 saturated carbocycles. The highest BCUT2D eigenvalue weighted by molar-refractivity contribution is 5.97. The number of carbonyl (C=O) groups is 1. The van der Waals surface area contributed by atoms with Gasteiger partial charge in [-0.3, -0.25) is 4.79 Å². The van der Waals surface area contributed by atoms with Crippen molar-refractivity contribution in [2.75, 3.05) is 0 Å². The zero-order valence-electron chi connectivity index (χ0n) is 12.6. The Morgan fingerprint density at radius 2 is 2.09 bits per heavy atom. The van der Waals surface area contributed by atoms with Gasteiger partial charge in [0.2, 0.25) is 0 Å². The van der Waals surface area contributed by atoms with E-state index < -0.39 is 0 Å². The molecule has 0 spiro atoms. The molecule has 23 heavy (non-hydrogen) atoms. The van der Waals surface area contributed by atoms with Crippen molar-refractivity contribution in [3.63, 3.8) is 0 Å². The number of fused-ring (bicyclic) bond motifs is 1. The summed E-state index contributed by atoms with van der Waals surface area (Å²) in [6.07, 6.45) is 3.99. The maximum absolute atomic E-state index is 12.3. The molecule has 1 aliphatic rings. The molecule has 4 rings (SSSR count). The van der Waals surface area contributed by atoms with Crippen molar-refractivity contribution in [2.45, 2.75) is 25.5 Å². The average molecular weight is 307 g/mol. The lowest BCUT2D eigenvalue weighted by molar-refractivity contribution is 0.0946. The van der Waals surface area contributed by atoms with Gasteiger partial charge < -0.3 is 15.0 Å². The minimum absolute atomic E-state index is 0.0733. The maximum Gasteiger partial charge on any atom is 0.255 e. The van der Waals surface area contributed by atoms with Crippen LogP contribution in [0.4, 0.5) is 0 Å². The third kappa shape index (κ3) is 3.04. The first-order valence-corrected chi connectivity index (χ1v) is 7.75. The van der Waals surface area contributed by atoms with Crippen LogP contribution in [0.25, 0.3) is 11.0 Å². The van der Waals surface area contributed by atoms with Gasteiger partial charge in [0, 0.05) is 17.6 Å². The van der Waals surface area contributed by atoms with Crippen molar-refractivity contribution in [3.05, 3.63) is 59.9 Å². The maximum atomic E-state index is 12.3. The van der Waals surface area contributed by atoms with Gasteiger partial charge in [0.1, 0.15) is 18.0 Å². The van der Waals surface area contributed by atoms with E-state index >= 15 is 0 Å². The van der Waals surface area contributed by atoms with Gasteiger partial charge >= 0.3 is 0 Å². The summed E-state index contributed by atoms with van der Waals surface area (Å²) in [6, 6.07) is 13.6. The molecule has 1 aromatic carbocycles. The number of benzene rings is 1. The lowest BCUT2D eigenvalue weighted by atomic mass is 10.2. The van der Waals surface area contributed by atoms with Gasteiger partial charge in [-0.1, -0.05) is 12.1 Å². The highest BCUT2D eigenvalue weighted by Gasteiger charge is 2.25. The van der Waals surface area contributed by atoms with Crippen molar-refractivity contribution in [1.82, 2.24) is 15.3 Å². The summed E-state index contributed by atoms with van der Waals surface area (Å²) < 4.78 is 5.83. The summed E-state index contributed by atoms with van der Waals surface area (Å²) >= 11 is 0. The third-order valence-corrected chi connectivity index (χ3v) is 3.89. The molecule has 2 N–H and O–H groups in total. The highest BCUT2D eigenvalue weighted by atomic mass is 16.5. The second-order valence-corrected chi connectivity index (χ2v) is 5.75. The topological polar surface area (TPSA) is 67.0 Å². The number of ether oxygens (including phenoxy) is 1. The Balaban J connectivity index is 1.50. The van der Waals surface area contributed by atoms with Gasteiger partial charge in [-0.15, -0.1) is 0 Å². The predicted molar refractivity (Wildman–Crippen MR) is 87.4 cm³/mol. The standard InChI is InChI=1S/C18H17N3O2/c22-18(21-13-7-8-13)15-3-1-2-4-16(15)23-11-14-6-5-12-9-10-19-17(12)20-14/h1-6,9-10,13H,7-8,11H2,(H,19,20)(H,21,22). The Bertz CT molecular complexity index is 852. The lowest BCUT2D eigenvalue weighted by Gasteiger charge is -2.11. The van der Waals surface area contributed by atoms with E-state index in [1.54, 1.807) is 6.07 Å². The number of hydrogen-bond acceptors (Lipinski definition) is 3. The summed E-state index contributed by atoms with van der Waals surface area (Å²) in [5.41, 5.74) is 2.23. The van der Waals surface area contributed by atoms with Crippen molar-refractivity contribution in [1.29, 1.82) is 0 Å². The van der Waals surface area contributed by atoms with Gasteiger partial charge in [0.05, 0.1) is 11.3 Å². The number of rotatable bonds is 5. The quantitative estimate of drug-likeness (QED) is 0.761. The summed E-state index contributed by atoms with van der Waals surface area (Å²) in [6.45, 7) is 0.322. The molecule has 0 atom stereocenters. The first-order chi connectivity index (χ1) is 11.3. The van der Waals surface area contributed by atoms with Crippen molar-refractivity contribution in [3.8, 4) is 5.75 Å². The molecule has 2 aromatic heterocycles. The predicted octanol–water partition coefficient (Wildman–Crippen LogP) is 3.03. The van der Waals surface area contributed by atoms with Crippen LogP contribution >= 0.6 is 0 Å². The third-order valence-electron chi connectivity index (χ3n) is 3.89. The van der Waals surface area contributed by atoms with E-state index in [0.29, 0.717) is 24.0 Å². The van der Waals surface area contributed by atoms with E-state index in [1.165, 1.54) is 0 Å². The molecular weight excluding hydrogens is 290 g/mol. The van der Waals surface area contributed by atoms with E-state index in [1.807, 2.05) is 42.6 Å². The number of para-hydroxylation sites is 1. The molecule has 1 aliphatic carbocycles. The summed E-state index contributed by atoms with van der Waals surface area (Å²) in [7, 11) is 0. The second-order valence-electron chi connectivity index (χ2n) is 5.75. The van der Waals surface area contributed by atoms with Gasteiger partial charge in [-0.25, -0.2) is 4.98 Å². The van der Waals surface area contributed by atoms with Crippen LogP contribution < -0.4 is 10.1 Å². The van der Waals surface area contributed by atoms with Crippen LogP contribution in [0.5, 0.6) is 5.75 Å². The first-order valence-electron chi connectivity index (χ1n) is 7.75. The number of aromatic nitrogens is 2. The molecule has 3 aromatic rings. The molecule has 5 heteroatoms. The number of carbonyl (C=O) groups excluding carboxylic acids is 1. The van der Waals surface area contributed by atoms with E-state index in [-0.39, 0.29) is 5.91 Å². The Kier molecular flexibility index (Phi) is 3.46. The number of hydrogen-bond donors (Lipinski definition) is 2. The summed E-state index contributed by atoms with van der Waals surface area (Å²) in [5, 5.41) is 4.06. The smallest absolute Gasteiger partial charge is 0.255 e. The van der Waals surface area contributed by atoms with Crippen LogP contribution in [0.3, 0.4) is 0 Å². The van der Waals surface area contributed by atoms with Crippen LogP contribution in [0.1, 0.15) is 28.9 Å². The Labute approximate surface area is 133 Å². The Hall–Kier alpha value is -2.82. The minimum Gasteiger partial charge on any atom is -0.486 e. The largest absolute Gasteiger partial charge is 0.486 e. The fraction of sp³-hybridized carbons (Fsp3) is 0.222. The second kappa shape index (κ2) is 5.76. The molecule has 0 bridgehead atoms. The zero-order valence-corrected chi connectivity index (χ0v) is 12.6. The number of nitrogens with zero attached hydrogens (tertiary/aromatic N) is 1. The highest BCUT2D eigenvalue weighted by Crippen LogP contribution is 2.23. The van der Waals surface area contributed by atoms with Crippen LogP contribution in [0.15, 0.2) is 48.7 Å². The van der Waals surface area contributed by atoms with Crippen LogP contribution in [0, 0.1) is 0 Å². The Morgan fingerprint density at radius 3 is 2.96 bits per heavy atom. The van der Waals surface area contributed by atoms with Gasteiger partial charge in [0.25, 0.3) is 5.91 Å². The molecular formula is C18H17N3O2. The molecule has 1 amide bonds. The van der Waals surface area contributed by atoms with Crippen LogP contribution in [0.2, 0.25) is 0 Å². The van der Waals surface area contributed by atoms with Gasteiger partial charge in [-0.05, 0) is 43.2 Å². The number of aromatic amines is 1. The van der Waals surface area contributed by atoms with Crippen molar-refractivity contribution >= 4 is 16.9 Å². The molecule has 0 unspecified atom stereocenters. The summed E-state index contributed by atoms with van der Waals surface area (Å²) in [4.78, 5) is 19.8. The minimum atomic E-state index is -0.0733. The van der Waals surface area contributed by atoms with E-state index in [4.69, 9.17) is 4.74 Å². The molecule has 116 valence electrons. The van der Waals surface area contributed by atoms with Crippen molar-refractivity contribution < 1.29 is 9.53 Å². The SMILES string of the molecule is O=C(NC1CC1)c1ccccc1OCc1ccc2cc[nH]c2n1. The monoisotopic (exact) mass is 307 g/mol. The number of pyridine rings is 1. The van der Waals surface area contributed by atoms with Crippen LogP contribution in [-0.4, -0.2) is 21.9 Å². The lowest BCUT2D eigenvalue weighted by Crippen LogP contribution is -2.25. The molecule has 5 nitrogen and oxygen atoms in total. The van der Waals surface area contributed by atoms with E-state index in [0.717, 1.165) is 29.6 Å².